The fourth-order valence-corrected chi connectivity index (χ4v) is 6.04. The van der Waals surface area contributed by atoms with Crippen LogP contribution in [0, 0.1) is 11.3 Å². The number of carbonyl (C=O) groups excluding carboxylic acids is 2. The van der Waals surface area contributed by atoms with Crippen molar-refractivity contribution in [2.75, 3.05) is 25.4 Å². The van der Waals surface area contributed by atoms with Crippen LogP contribution >= 0.6 is 11.3 Å². The van der Waals surface area contributed by atoms with Crippen LogP contribution in [0.5, 0.6) is 0 Å². The lowest BCUT2D eigenvalue weighted by molar-refractivity contribution is 0.0449. The highest BCUT2D eigenvalue weighted by Gasteiger charge is 2.31. The lowest BCUT2D eigenvalue weighted by Crippen LogP contribution is -2.36. The third-order valence-electron chi connectivity index (χ3n) is 4.99. The van der Waals surface area contributed by atoms with Crippen molar-refractivity contribution in [2.45, 2.75) is 37.7 Å². The van der Waals surface area contributed by atoms with Crippen LogP contribution in [0.15, 0.2) is 29.2 Å². The molecule has 1 aromatic heterocycles. The molecule has 0 atom stereocenters. The van der Waals surface area contributed by atoms with Gasteiger partial charge in [0, 0.05) is 18.7 Å². The number of rotatable bonds is 7. The van der Waals surface area contributed by atoms with Crippen molar-refractivity contribution >= 4 is 38.3 Å². The van der Waals surface area contributed by atoms with Gasteiger partial charge < -0.3 is 15.2 Å². The van der Waals surface area contributed by atoms with Gasteiger partial charge in [0.15, 0.2) is 0 Å². The molecule has 0 bridgehead atoms. The first kappa shape index (κ1) is 23.7. The monoisotopic (exact) mass is 477 g/mol. The van der Waals surface area contributed by atoms with E-state index in [1.165, 1.54) is 16.4 Å². The van der Waals surface area contributed by atoms with Gasteiger partial charge >= 0.3 is 11.9 Å². The Hall–Kier alpha value is -2.94. The van der Waals surface area contributed by atoms with Gasteiger partial charge in [-0.25, -0.2) is 18.0 Å². The summed E-state index contributed by atoms with van der Waals surface area (Å²) >= 11 is 0.874. The molecule has 32 heavy (non-hydrogen) atoms. The predicted octanol–water partition coefficient (Wildman–Crippen LogP) is 2.91. The van der Waals surface area contributed by atoms with E-state index in [2.05, 4.69) is 0 Å². The van der Waals surface area contributed by atoms with Gasteiger partial charge in [-0.15, -0.1) is 11.3 Å². The molecule has 0 amide bonds. The van der Waals surface area contributed by atoms with Crippen molar-refractivity contribution < 1.29 is 27.5 Å². The highest BCUT2D eigenvalue weighted by Crippen LogP contribution is 2.32. The maximum absolute atomic E-state index is 13.1. The fourth-order valence-electron chi connectivity index (χ4n) is 3.43. The van der Waals surface area contributed by atoms with Crippen LogP contribution in [0.4, 0.5) is 5.00 Å². The molecule has 0 radical (unpaired) electrons. The number of hydrogen-bond acceptors (Lipinski definition) is 9. The molecule has 1 aromatic carbocycles. The number of esters is 2. The van der Waals surface area contributed by atoms with E-state index >= 15 is 0 Å². The molecular formula is C21H23N3O6S2. The van der Waals surface area contributed by atoms with E-state index in [0.29, 0.717) is 13.1 Å². The van der Waals surface area contributed by atoms with E-state index < -0.39 is 28.6 Å². The Bertz CT molecular complexity index is 1160. The molecule has 0 unspecified atom stereocenters. The van der Waals surface area contributed by atoms with Crippen LogP contribution < -0.4 is 5.73 Å². The number of sulfonamides is 1. The quantitative estimate of drug-likeness (QED) is 0.600. The molecule has 2 heterocycles. The van der Waals surface area contributed by atoms with E-state index in [0.717, 1.165) is 30.6 Å². The predicted molar refractivity (Wildman–Crippen MR) is 118 cm³/mol. The van der Waals surface area contributed by atoms with Gasteiger partial charge in [0.2, 0.25) is 10.0 Å². The van der Waals surface area contributed by atoms with Crippen molar-refractivity contribution in [3.05, 3.63) is 45.8 Å². The van der Waals surface area contributed by atoms with Crippen molar-refractivity contribution in [2.24, 2.45) is 0 Å². The molecule has 2 aromatic rings. The molecule has 1 fully saturated rings. The smallest absolute Gasteiger partial charge is 0.348 e. The van der Waals surface area contributed by atoms with Gasteiger partial charge in [0.25, 0.3) is 0 Å². The van der Waals surface area contributed by atoms with Gasteiger partial charge in [0.05, 0.1) is 22.6 Å². The topological polar surface area (TPSA) is 140 Å². The largest absolute Gasteiger partial charge is 0.462 e. The Morgan fingerprint density at radius 1 is 1.16 bits per heavy atom. The Kier molecular flexibility index (Phi) is 7.50. The number of nitrogens with two attached hydrogens (primary N) is 1. The lowest BCUT2D eigenvalue weighted by atomic mass is 10.1. The van der Waals surface area contributed by atoms with Gasteiger partial charge in [-0.1, -0.05) is 18.6 Å². The summed E-state index contributed by atoms with van der Waals surface area (Å²) in [6.45, 7) is 2.13. The van der Waals surface area contributed by atoms with E-state index in [9.17, 15) is 23.3 Å². The molecule has 1 aliphatic rings. The lowest BCUT2D eigenvalue weighted by Gasteiger charge is -2.26. The van der Waals surface area contributed by atoms with Crippen LogP contribution in [0.1, 0.15) is 57.3 Å². The Labute approximate surface area is 190 Å². The van der Waals surface area contributed by atoms with Crippen molar-refractivity contribution in [1.29, 1.82) is 5.26 Å². The number of benzene rings is 1. The summed E-state index contributed by atoms with van der Waals surface area (Å²) in [7, 11) is -3.87. The number of thiophene rings is 1. The summed E-state index contributed by atoms with van der Waals surface area (Å²) < 4.78 is 37.9. The number of nitrogen functional groups attached to an aromatic ring is 1. The molecule has 170 valence electrons. The summed E-state index contributed by atoms with van der Waals surface area (Å²) in [5.74, 6) is -1.56. The van der Waals surface area contributed by atoms with Crippen LogP contribution in [-0.2, 0) is 26.1 Å². The minimum Gasteiger partial charge on any atom is -0.462 e. The molecule has 0 saturated carbocycles. The number of nitrogens with zero attached hydrogens (tertiary/aromatic N) is 2. The molecule has 11 heteroatoms. The first-order valence-corrected chi connectivity index (χ1v) is 12.3. The Morgan fingerprint density at radius 2 is 1.84 bits per heavy atom. The summed E-state index contributed by atoms with van der Waals surface area (Å²) in [5, 5.41) is 9.51. The molecule has 9 nitrogen and oxygen atoms in total. The summed E-state index contributed by atoms with van der Waals surface area (Å²) in [6.07, 6.45) is 2.49. The number of carbonyl (C=O) groups is 2. The Morgan fingerprint density at radius 3 is 2.50 bits per heavy atom. The average molecular weight is 478 g/mol. The first-order chi connectivity index (χ1) is 15.3. The van der Waals surface area contributed by atoms with Crippen LogP contribution in [0.2, 0.25) is 0 Å². The normalized spacial score (nSPS) is 14.5. The minimum absolute atomic E-state index is 0.0278. The summed E-state index contributed by atoms with van der Waals surface area (Å²) in [5.41, 5.74) is 5.88. The SMILES string of the molecule is CCOC(=O)c1sc(N)c(C#N)c1COC(=O)c1ccccc1S(=O)(=O)N1CCCCC1. The maximum Gasteiger partial charge on any atom is 0.348 e. The molecular weight excluding hydrogens is 454 g/mol. The number of ether oxygens (including phenoxy) is 2. The van der Waals surface area contributed by atoms with Crippen molar-refractivity contribution in [3.8, 4) is 6.07 Å². The van der Waals surface area contributed by atoms with E-state index in [-0.39, 0.29) is 38.1 Å². The molecule has 2 N–H and O–H groups in total. The van der Waals surface area contributed by atoms with Gasteiger partial charge in [-0.3, -0.25) is 0 Å². The number of nitriles is 1. The second-order valence-corrected chi connectivity index (χ2v) is 9.98. The number of hydrogen-bond donors (Lipinski definition) is 1. The zero-order valence-corrected chi connectivity index (χ0v) is 19.1. The zero-order chi connectivity index (χ0) is 23.3. The molecule has 3 rings (SSSR count). The summed E-state index contributed by atoms with van der Waals surface area (Å²) in [4.78, 5) is 25.0. The van der Waals surface area contributed by atoms with Gasteiger partial charge in [-0.2, -0.15) is 9.57 Å². The second-order valence-electron chi connectivity index (χ2n) is 7.02. The van der Waals surface area contributed by atoms with Crippen LogP contribution in [-0.4, -0.2) is 44.4 Å². The number of anilines is 1. The third kappa shape index (κ3) is 4.77. The molecule has 1 aliphatic heterocycles. The standard InChI is InChI=1S/C21H23N3O6S2/c1-2-29-21(26)18-16(15(12-22)19(23)31-18)13-30-20(25)14-8-4-5-9-17(14)32(27,28)24-10-6-3-7-11-24/h4-5,8-9H,2-3,6-7,10-11,13,23H2,1H3. The summed E-state index contributed by atoms with van der Waals surface area (Å²) in [6, 6.07) is 7.73. The molecule has 0 spiro atoms. The maximum atomic E-state index is 13.1. The first-order valence-electron chi connectivity index (χ1n) is 10.1. The second kappa shape index (κ2) is 10.1. The third-order valence-corrected chi connectivity index (χ3v) is 7.99. The fraction of sp³-hybridized carbons (Fsp3) is 0.381. The average Bonchev–Trinajstić information content (AvgIpc) is 3.13. The van der Waals surface area contributed by atoms with Gasteiger partial charge in [0.1, 0.15) is 22.6 Å². The van der Waals surface area contributed by atoms with Crippen molar-refractivity contribution in [3.63, 3.8) is 0 Å². The highest BCUT2D eigenvalue weighted by molar-refractivity contribution is 7.89. The van der Waals surface area contributed by atoms with E-state index in [1.807, 2.05) is 6.07 Å². The van der Waals surface area contributed by atoms with Crippen LogP contribution in [0.25, 0.3) is 0 Å². The zero-order valence-electron chi connectivity index (χ0n) is 17.5. The number of piperidine rings is 1. The highest BCUT2D eigenvalue weighted by atomic mass is 32.2. The van der Waals surface area contributed by atoms with E-state index in [1.54, 1.807) is 19.1 Å². The molecule has 0 aliphatic carbocycles. The van der Waals surface area contributed by atoms with Gasteiger partial charge in [-0.05, 0) is 31.9 Å². The molecule has 1 saturated heterocycles. The van der Waals surface area contributed by atoms with Crippen LogP contribution in [0.3, 0.4) is 0 Å². The Balaban J connectivity index is 1.87. The van der Waals surface area contributed by atoms with Crippen molar-refractivity contribution in [1.82, 2.24) is 4.31 Å². The van der Waals surface area contributed by atoms with E-state index in [4.69, 9.17) is 15.2 Å². The minimum atomic E-state index is -3.87.